The molecule has 7 nitrogen and oxygen atoms in total. The van der Waals surface area contributed by atoms with Gasteiger partial charge < -0.3 is 19.5 Å². The molecule has 0 saturated heterocycles. The van der Waals surface area contributed by atoms with Gasteiger partial charge in [-0.15, -0.1) is 0 Å². The van der Waals surface area contributed by atoms with E-state index in [-0.39, 0.29) is 18.8 Å². The molecule has 1 atom stereocenters. The van der Waals surface area contributed by atoms with Crippen molar-refractivity contribution in [3.63, 3.8) is 0 Å². The quantitative estimate of drug-likeness (QED) is 0.706. The zero-order chi connectivity index (χ0) is 20.5. The maximum atomic E-state index is 12.5. The Kier molecular flexibility index (Phi) is 4.88. The van der Waals surface area contributed by atoms with E-state index < -0.39 is 0 Å². The van der Waals surface area contributed by atoms with Gasteiger partial charge in [0.15, 0.2) is 17.2 Å². The molecule has 1 aromatic heterocycles. The normalized spacial score (nSPS) is 16.9. The number of benzene rings is 2. The lowest BCUT2D eigenvalue weighted by Gasteiger charge is -2.24. The Morgan fingerprint density at radius 1 is 1.13 bits per heavy atom. The second kappa shape index (κ2) is 7.84. The van der Waals surface area contributed by atoms with Crippen LogP contribution in [0.4, 0.5) is 0 Å². The van der Waals surface area contributed by atoms with Gasteiger partial charge in [0.05, 0.1) is 18.8 Å². The van der Waals surface area contributed by atoms with Crippen molar-refractivity contribution >= 4 is 5.91 Å². The van der Waals surface area contributed by atoms with E-state index in [1.807, 2.05) is 22.9 Å². The number of fused-ring (bicyclic) bond motifs is 2. The fourth-order valence-corrected chi connectivity index (χ4v) is 3.72. The molecule has 1 N–H and O–H groups in total. The fourth-order valence-electron chi connectivity index (χ4n) is 3.72. The first-order valence-electron chi connectivity index (χ1n) is 10.1. The van der Waals surface area contributed by atoms with Crippen molar-refractivity contribution in [3.05, 3.63) is 76.6 Å². The largest absolute Gasteiger partial charge is 0.454 e. The molecule has 0 spiro atoms. The second-order valence-corrected chi connectivity index (χ2v) is 7.61. The van der Waals surface area contributed by atoms with Crippen molar-refractivity contribution in [1.82, 2.24) is 15.1 Å². The van der Waals surface area contributed by atoms with Crippen LogP contribution >= 0.6 is 0 Å². The topological polar surface area (TPSA) is 74.6 Å². The van der Waals surface area contributed by atoms with Crippen molar-refractivity contribution < 1.29 is 19.0 Å². The third-order valence-electron chi connectivity index (χ3n) is 5.46. The lowest BCUT2D eigenvalue weighted by atomic mass is 10.1. The van der Waals surface area contributed by atoms with Gasteiger partial charge in [-0.3, -0.25) is 9.48 Å². The first-order valence-corrected chi connectivity index (χ1v) is 10.1. The van der Waals surface area contributed by atoms with Crippen molar-refractivity contribution in [3.8, 4) is 11.5 Å². The van der Waals surface area contributed by atoms with Crippen molar-refractivity contribution in [2.45, 2.75) is 32.6 Å². The number of nitrogens with zero attached hydrogens (tertiary/aromatic N) is 2. The summed E-state index contributed by atoms with van der Waals surface area (Å²) in [6.07, 6.45) is 0.638. The number of amides is 1. The summed E-state index contributed by atoms with van der Waals surface area (Å²) in [4.78, 5) is 12.5. The summed E-state index contributed by atoms with van der Waals surface area (Å²) >= 11 is 0. The van der Waals surface area contributed by atoms with E-state index in [1.165, 1.54) is 11.1 Å². The Morgan fingerprint density at radius 3 is 2.83 bits per heavy atom. The standard InChI is InChI=1S/C23H23N3O4/c1-15-2-4-16(5-3-15)8-9-24-23(27)19-11-18-13-28-22(12-26(18)25-19)17-6-7-20-21(10-17)30-14-29-20/h2-7,10-11,22H,8-9,12-14H2,1H3,(H,24,27)/t22-/m0/s1. The van der Waals surface area contributed by atoms with Crippen LogP contribution in [0.3, 0.4) is 0 Å². The van der Waals surface area contributed by atoms with Gasteiger partial charge in [-0.25, -0.2) is 0 Å². The summed E-state index contributed by atoms with van der Waals surface area (Å²) in [6.45, 7) is 3.83. The Labute approximate surface area is 174 Å². The van der Waals surface area contributed by atoms with E-state index in [4.69, 9.17) is 14.2 Å². The first kappa shape index (κ1) is 18.7. The summed E-state index contributed by atoms with van der Waals surface area (Å²) in [5, 5.41) is 7.46. The molecule has 1 amide bonds. The smallest absolute Gasteiger partial charge is 0.271 e. The van der Waals surface area contributed by atoms with Crippen LogP contribution in [0.15, 0.2) is 48.5 Å². The Hall–Kier alpha value is -3.32. The highest BCUT2D eigenvalue weighted by molar-refractivity contribution is 5.92. The molecule has 0 saturated carbocycles. The van der Waals surface area contributed by atoms with Gasteiger partial charge in [-0.1, -0.05) is 35.9 Å². The van der Waals surface area contributed by atoms with Gasteiger partial charge in [0.1, 0.15) is 6.10 Å². The van der Waals surface area contributed by atoms with Crippen molar-refractivity contribution in [1.29, 1.82) is 0 Å². The average molecular weight is 405 g/mol. The maximum Gasteiger partial charge on any atom is 0.271 e. The van der Waals surface area contributed by atoms with E-state index in [9.17, 15) is 4.79 Å². The van der Waals surface area contributed by atoms with Crippen molar-refractivity contribution in [2.75, 3.05) is 13.3 Å². The second-order valence-electron chi connectivity index (χ2n) is 7.61. The molecule has 0 fully saturated rings. The third kappa shape index (κ3) is 3.76. The van der Waals surface area contributed by atoms with Gasteiger partial charge in [0, 0.05) is 6.54 Å². The van der Waals surface area contributed by atoms with Gasteiger partial charge >= 0.3 is 0 Å². The fraction of sp³-hybridized carbons (Fsp3) is 0.304. The van der Waals surface area contributed by atoms with Crippen LogP contribution in [-0.4, -0.2) is 29.0 Å². The number of aromatic nitrogens is 2. The predicted octanol–water partition coefficient (Wildman–Crippen LogP) is 3.16. The molecule has 0 bridgehead atoms. The lowest BCUT2D eigenvalue weighted by Crippen LogP contribution is -2.26. The number of hydrogen-bond acceptors (Lipinski definition) is 5. The third-order valence-corrected chi connectivity index (χ3v) is 5.46. The molecule has 30 heavy (non-hydrogen) atoms. The zero-order valence-corrected chi connectivity index (χ0v) is 16.8. The minimum Gasteiger partial charge on any atom is -0.454 e. The highest BCUT2D eigenvalue weighted by Gasteiger charge is 2.25. The van der Waals surface area contributed by atoms with Gasteiger partial charge in [-0.2, -0.15) is 5.10 Å². The molecule has 3 heterocycles. The number of rotatable bonds is 5. The molecular formula is C23H23N3O4. The molecule has 3 aromatic rings. The van der Waals surface area contributed by atoms with E-state index in [0.717, 1.165) is 29.2 Å². The van der Waals surface area contributed by atoms with Crippen LogP contribution in [0, 0.1) is 6.92 Å². The van der Waals surface area contributed by atoms with Crippen molar-refractivity contribution in [2.24, 2.45) is 0 Å². The molecule has 5 rings (SSSR count). The summed E-state index contributed by atoms with van der Waals surface area (Å²) in [5.41, 5.74) is 4.75. The van der Waals surface area contributed by atoms with Crippen LogP contribution in [-0.2, 0) is 24.3 Å². The highest BCUT2D eigenvalue weighted by atomic mass is 16.7. The highest BCUT2D eigenvalue weighted by Crippen LogP contribution is 2.36. The van der Waals surface area contributed by atoms with E-state index in [2.05, 4.69) is 41.6 Å². The molecule has 0 aliphatic carbocycles. The first-order chi connectivity index (χ1) is 14.7. The summed E-state index contributed by atoms with van der Waals surface area (Å²) < 4.78 is 18.7. The van der Waals surface area contributed by atoms with E-state index in [0.29, 0.717) is 25.4 Å². The zero-order valence-electron chi connectivity index (χ0n) is 16.8. The minimum absolute atomic E-state index is 0.149. The van der Waals surface area contributed by atoms with Crippen LogP contribution in [0.1, 0.15) is 39.0 Å². The van der Waals surface area contributed by atoms with E-state index >= 15 is 0 Å². The van der Waals surface area contributed by atoms with Crippen LogP contribution in [0.25, 0.3) is 0 Å². The number of carbonyl (C=O) groups is 1. The minimum atomic E-state index is -0.163. The van der Waals surface area contributed by atoms with Crippen LogP contribution in [0.2, 0.25) is 0 Å². The molecule has 2 aliphatic rings. The number of nitrogens with one attached hydrogen (secondary N) is 1. The number of aryl methyl sites for hydroxylation is 1. The van der Waals surface area contributed by atoms with Gasteiger partial charge in [0.25, 0.3) is 5.91 Å². The summed E-state index contributed by atoms with van der Waals surface area (Å²) in [5.74, 6) is 1.32. The maximum absolute atomic E-state index is 12.5. The summed E-state index contributed by atoms with van der Waals surface area (Å²) in [6, 6.07) is 16.0. The molecule has 0 unspecified atom stereocenters. The molecule has 2 aromatic carbocycles. The van der Waals surface area contributed by atoms with Gasteiger partial charge in [0.2, 0.25) is 6.79 Å². The molecule has 0 radical (unpaired) electrons. The SMILES string of the molecule is Cc1ccc(CCNC(=O)c2cc3n(n2)C[C@@H](c2ccc4c(c2)OCO4)OC3)cc1. The Morgan fingerprint density at radius 2 is 1.97 bits per heavy atom. The molecule has 154 valence electrons. The monoisotopic (exact) mass is 405 g/mol. The average Bonchev–Trinajstić information content (AvgIpc) is 3.40. The summed E-state index contributed by atoms with van der Waals surface area (Å²) in [7, 11) is 0. The molecule has 7 heteroatoms. The van der Waals surface area contributed by atoms with E-state index in [1.54, 1.807) is 6.07 Å². The van der Waals surface area contributed by atoms with Gasteiger partial charge in [-0.05, 0) is 42.7 Å². The number of hydrogen-bond donors (Lipinski definition) is 1. The Balaban J connectivity index is 1.21. The molecule has 2 aliphatic heterocycles. The number of carbonyl (C=O) groups excluding carboxylic acids is 1. The Bertz CT molecular complexity index is 1070. The lowest BCUT2D eigenvalue weighted by molar-refractivity contribution is -0.00128. The van der Waals surface area contributed by atoms with Crippen LogP contribution < -0.4 is 14.8 Å². The predicted molar refractivity (Wildman–Crippen MR) is 110 cm³/mol. The van der Waals surface area contributed by atoms with Crippen LogP contribution in [0.5, 0.6) is 11.5 Å². The molecular weight excluding hydrogens is 382 g/mol. The number of ether oxygens (including phenoxy) is 3.